The van der Waals surface area contributed by atoms with Crippen molar-refractivity contribution < 1.29 is 14.3 Å². The van der Waals surface area contributed by atoms with Gasteiger partial charge in [0.25, 0.3) is 5.91 Å². The Hall–Kier alpha value is -2.14. The van der Waals surface area contributed by atoms with E-state index in [0.29, 0.717) is 5.75 Å². The molecule has 0 aromatic heterocycles. The Labute approximate surface area is 146 Å². The van der Waals surface area contributed by atoms with Gasteiger partial charge in [-0.2, -0.15) is 0 Å². The van der Waals surface area contributed by atoms with Gasteiger partial charge in [-0.1, -0.05) is 12.1 Å². The van der Waals surface area contributed by atoms with E-state index in [1.54, 1.807) is 25.8 Å². The Balaban J connectivity index is 1.75. The van der Waals surface area contributed by atoms with Gasteiger partial charge in [-0.15, -0.1) is 11.8 Å². The van der Waals surface area contributed by atoms with Crippen LogP contribution in [0.3, 0.4) is 0 Å². The number of carbonyl (C=O) groups is 1. The molecule has 0 spiro atoms. The maximum Gasteiger partial charge on any atom is 0.267 e. The molecule has 2 aromatic rings. The molecule has 0 unspecified atom stereocenters. The first-order valence-corrected chi connectivity index (χ1v) is 9.01. The van der Waals surface area contributed by atoms with Crippen molar-refractivity contribution in [1.82, 2.24) is 0 Å². The van der Waals surface area contributed by atoms with Gasteiger partial charge in [0.1, 0.15) is 11.5 Å². The highest BCUT2D eigenvalue weighted by Gasteiger charge is 2.26. The third-order valence-corrected chi connectivity index (χ3v) is 5.07. The van der Waals surface area contributed by atoms with E-state index >= 15 is 0 Å². The zero-order valence-electron chi connectivity index (χ0n) is 13.9. The van der Waals surface area contributed by atoms with Crippen LogP contribution in [0.1, 0.15) is 13.3 Å². The fourth-order valence-electron chi connectivity index (χ4n) is 2.68. The number of methoxy groups -OCH3 is 1. The van der Waals surface area contributed by atoms with Crippen molar-refractivity contribution in [1.29, 1.82) is 0 Å². The molecule has 3 rings (SSSR count). The molecule has 0 N–H and O–H groups in total. The van der Waals surface area contributed by atoms with Gasteiger partial charge in [0, 0.05) is 11.4 Å². The average molecular weight is 343 g/mol. The van der Waals surface area contributed by atoms with Gasteiger partial charge in [0.05, 0.1) is 12.8 Å². The predicted molar refractivity (Wildman–Crippen MR) is 97.2 cm³/mol. The summed E-state index contributed by atoms with van der Waals surface area (Å²) < 4.78 is 11.0. The van der Waals surface area contributed by atoms with Crippen LogP contribution in [0.25, 0.3) is 0 Å². The normalized spacial score (nSPS) is 15.2. The van der Waals surface area contributed by atoms with Gasteiger partial charge in [-0.25, -0.2) is 0 Å². The SMILES string of the molecule is COc1ccc(O[C@H](C)C(=O)N2CCCSc3ccccc32)cc1. The summed E-state index contributed by atoms with van der Waals surface area (Å²) in [4.78, 5) is 15.9. The van der Waals surface area contributed by atoms with E-state index in [9.17, 15) is 4.79 Å². The van der Waals surface area contributed by atoms with Crippen molar-refractivity contribution >= 4 is 23.4 Å². The van der Waals surface area contributed by atoms with Gasteiger partial charge < -0.3 is 14.4 Å². The van der Waals surface area contributed by atoms with Crippen LogP contribution in [-0.4, -0.2) is 31.4 Å². The van der Waals surface area contributed by atoms with E-state index in [2.05, 4.69) is 6.07 Å². The second kappa shape index (κ2) is 7.62. The highest BCUT2D eigenvalue weighted by Crippen LogP contribution is 2.34. The van der Waals surface area contributed by atoms with E-state index in [0.717, 1.165) is 35.1 Å². The van der Waals surface area contributed by atoms with Crippen LogP contribution in [0.4, 0.5) is 5.69 Å². The molecule has 126 valence electrons. The minimum absolute atomic E-state index is 0.0132. The molecule has 0 bridgehead atoms. The molecule has 0 aliphatic carbocycles. The molecule has 0 fully saturated rings. The number of fused-ring (bicyclic) bond motifs is 1. The molecular formula is C19H21NO3S. The molecule has 1 heterocycles. The number of amides is 1. The number of carbonyl (C=O) groups excluding carboxylic acids is 1. The minimum Gasteiger partial charge on any atom is -0.497 e. The van der Waals surface area contributed by atoms with Crippen LogP contribution in [0.15, 0.2) is 53.4 Å². The number of nitrogens with zero attached hydrogens (tertiary/aromatic N) is 1. The molecular weight excluding hydrogens is 322 g/mol. The maximum absolute atomic E-state index is 12.9. The number of anilines is 1. The van der Waals surface area contributed by atoms with Gasteiger partial charge in [-0.05, 0) is 55.5 Å². The molecule has 1 aliphatic heterocycles. The third-order valence-electron chi connectivity index (χ3n) is 3.93. The van der Waals surface area contributed by atoms with Crippen molar-refractivity contribution in [2.24, 2.45) is 0 Å². The summed E-state index contributed by atoms with van der Waals surface area (Å²) in [5, 5.41) is 0. The van der Waals surface area contributed by atoms with Crippen LogP contribution in [0.2, 0.25) is 0 Å². The summed E-state index contributed by atoms with van der Waals surface area (Å²) >= 11 is 1.80. The lowest BCUT2D eigenvalue weighted by atomic mass is 10.2. The minimum atomic E-state index is -0.547. The number of benzene rings is 2. The van der Waals surface area contributed by atoms with Crippen molar-refractivity contribution in [3.8, 4) is 11.5 Å². The summed E-state index contributed by atoms with van der Waals surface area (Å²) in [6.07, 6.45) is 0.426. The second-order valence-electron chi connectivity index (χ2n) is 5.60. The Kier molecular flexibility index (Phi) is 5.30. The van der Waals surface area contributed by atoms with Crippen molar-refractivity contribution in [3.63, 3.8) is 0 Å². The first-order chi connectivity index (χ1) is 11.7. The molecule has 1 atom stereocenters. The number of thioether (sulfide) groups is 1. The van der Waals surface area contributed by atoms with Crippen LogP contribution in [0, 0.1) is 0 Å². The van der Waals surface area contributed by atoms with Crippen molar-refractivity contribution in [3.05, 3.63) is 48.5 Å². The van der Waals surface area contributed by atoms with Gasteiger partial charge in [-0.3, -0.25) is 4.79 Å². The van der Waals surface area contributed by atoms with Gasteiger partial charge in [0.2, 0.25) is 0 Å². The Morgan fingerprint density at radius 2 is 1.83 bits per heavy atom. The summed E-state index contributed by atoms with van der Waals surface area (Å²) in [6, 6.07) is 15.3. The smallest absolute Gasteiger partial charge is 0.267 e. The lowest BCUT2D eigenvalue weighted by Crippen LogP contribution is -2.41. The lowest BCUT2D eigenvalue weighted by molar-refractivity contribution is -0.124. The fraction of sp³-hybridized carbons (Fsp3) is 0.316. The second-order valence-corrected chi connectivity index (χ2v) is 6.73. The standard InChI is InChI=1S/C19H21NO3S/c1-14(23-16-10-8-15(22-2)9-11-16)19(21)20-12-5-13-24-18-7-4-3-6-17(18)20/h3-4,6-11,14H,5,12-13H2,1-2H3/t14-/m1/s1. The third kappa shape index (κ3) is 3.67. The Bertz CT molecular complexity index is 702. The Morgan fingerprint density at radius 1 is 1.12 bits per heavy atom. The topological polar surface area (TPSA) is 38.8 Å². The number of hydrogen-bond donors (Lipinski definition) is 0. The zero-order valence-corrected chi connectivity index (χ0v) is 14.7. The number of para-hydroxylation sites is 1. The van der Waals surface area contributed by atoms with E-state index in [1.165, 1.54) is 0 Å². The molecule has 5 heteroatoms. The molecule has 2 aromatic carbocycles. The van der Waals surface area contributed by atoms with E-state index in [1.807, 2.05) is 47.4 Å². The quantitative estimate of drug-likeness (QED) is 0.841. The Morgan fingerprint density at radius 3 is 2.58 bits per heavy atom. The molecule has 1 amide bonds. The highest BCUT2D eigenvalue weighted by atomic mass is 32.2. The summed E-state index contributed by atoms with van der Waals surface area (Å²) in [5.74, 6) is 2.43. The molecule has 24 heavy (non-hydrogen) atoms. The summed E-state index contributed by atoms with van der Waals surface area (Å²) in [5.41, 5.74) is 0.982. The van der Waals surface area contributed by atoms with Crippen LogP contribution in [-0.2, 0) is 4.79 Å². The first-order valence-electron chi connectivity index (χ1n) is 8.03. The predicted octanol–water partition coefficient (Wildman–Crippen LogP) is 3.99. The van der Waals surface area contributed by atoms with Crippen molar-refractivity contribution in [2.75, 3.05) is 24.3 Å². The zero-order chi connectivity index (χ0) is 16.9. The average Bonchev–Trinajstić information content (AvgIpc) is 2.84. The largest absolute Gasteiger partial charge is 0.497 e. The summed E-state index contributed by atoms with van der Waals surface area (Å²) in [6.45, 7) is 2.52. The fourth-order valence-corrected chi connectivity index (χ4v) is 3.68. The number of rotatable bonds is 4. The van der Waals surface area contributed by atoms with Crippen molar-refractivity contribution in [2.45, 2.75) is 24.3 Å². The van der Waals surface area contributed by atoms with Gasteiger partial charge >= 0.3 is 0 Å². The molecule has 0 radical (unpaired) electrons. The van der Waals surface area contributed by atoms with E-state index < -0.39 is 6.10 Å². The first kappa shape index (κ1) is 16.7. The van der Waals surface area contributed by atoms with Crippen LogP contribution in [0.5, 0.6) is 11.5 Å². The number of ether oxygens (including phenoxy) is 2. The summed E-state index contributed by atoms with van der Waals surface area (Å²) in [7, 11) is 1.62. The van der Waals surface area contributed by atoms with E-state index in [4.69, 9.17) is 9.47 Å². The highest BCUT2D eigenvalue weighted by molar-refractivity contribution is 7.99. The van der Waals surface area contributed by atoms with Crippen LogP contribution >= 0.6 is 11.8 Å². The van der Waals surface area contributed by atoms with Gasteiger partial charge in [0.15, 0.2) is 6.10 Å². The monoisotopic (exact) mass is 343 g/mol. The van der Waals surface area contributed by atoms with E-state index in [-0.39, 0.29) is 5.91 Å². The van der Waals surface area contributed by atoms with Crippen LogP contribution < -0.4 is 14.4 Å². The molecule has 0 saturated heterocycles. The maximum atomic E-state index is 12.9. The molecule has 0 saturated carbocycles. The molecule has 1 aliphatic rings. The molecule has 4 nitrogen and oxygen atoms in total. The lowest BCUT2D eigenvalue weighted by Gasteiger charge is -2.26. The number of hydrogen-bond acceptors (Lipinski definition) is 4.